The third kappa shape index (κ3) is 4.17. The van der Waals surface area contributed by atoms with Crippen molar-refractivity contribution >= 4 is 12.0 Å². The number of carboxylic acid groups (broad SMARTS) is 1. The molecule has 16 heavy (non-hydrogen) atoms. The van der Waals surface area contributed by atoms with Crippen LogP contribution in [0.3, 0.4) is 0 Å². The first-order valence-electron chi connectivity index (χ1n) is 4.87. The van der Waals surface area contributed by atoms with Crippen molar-refractivity contribution in [2.75, 3.05) is 13.6 Å². The first-order valence-corrected chi connectivity index (χ1v) is 4.87. The molecule has 6 nitrogen and oxygen atoms in total. The number of nitrogens with one attached hydrogen (secondary N) is 1. The maximum absolute atomic E-state index is 11.6. The maximum Gasteiger partial charge on any atom is 0.328 e. The summed E-state index contributed by atoms with van der Waals surface area (Å²) in [5, 5.41) is 19.8. The Morgan fingerprint density at radius 1 is 1.56 bits per heavy atom. The van der Waals surface area contributed by atoms with Crippen molar-refractivity contribution in [1.29, 1.82) is 5.26 Å². The molecule has 0 saturated heterocycles. The van der Waals surface area contributed by atoms with Crippen LogP contribution in [0.15, 0.2) is 0 Å². The van der Waals surface area contributed by atoms with Crippen LogP contribution in [-0.2, 0) is 4.79 Å². The van der Waals surface area contributed by atoms with Gasteiger partial charge in [0.25, 0.3) is 0 Å². The van der Waals surface area contributed by atoms with Gasteiger partial charge in [0.1, 0.15) is 5.54 Å². The zero-order chi connectivity index (χ0) is 12.9. The van der Waals surface area contributed by atoms with Gasteiger partial charge in [0.05, 0.1) is 12.0 Å². The minimum atomic E-state index is -1.32. The molecule has 0 radical (unpaired) electrons. The number of nitrogens with zero attached hydrogens (tertiary/aromatic N) is 2. The molecule has 1 unspecified atom stereocenters. The van der Waals surface area contributed by atoms with Crippen molar-refractivity contribution in [3.63, 3.8) is 0 Å². The number of urea groups is 1. The van der Waals surface area contributed by atoms with Crippen molar-refractivity contribution < 1.29 is 14.7 Å². The van der Waals surface area contributed by atoms with Gasteiger partial charge < -0.3 is 15.3 Å². The first kappa shape index (κ1) is 14.2. The number of amides is 2. The number of rotatable bonds is 4. The van der Waals surface area contributed by atoms with E-state index in [4.69, 9.17) is 10.4 Å². The van der Waals surface area contributed by atoms with E-state index in [-0.39, 0.29) is 12.5 Å². The Morgan fingerprint density at radius 3 is 2.44 bits per heavy atom. The summed E-state index contributed by atoms with van der Waals surface area (Å²) in [6, 6.07) is 1.49. The van der Waals surface area contributed by atoms with E-state index in [2.05, 4.69) is 5.32 Å². The number of hydrogen-bond donors (Lipinski definition) is 2. The molecule has 0 spiro atoms. The Hall–Kier alpha value is -1.77. The van der Waals surface area contributed by atoms with Gasteiger partial charge in [0.15, 0.2) is 0 Å². The lowest BCUT2D eigenvalue weighted by molar-refractivity contribution is -0.143. The lowest BCUT2D eigenvalue weighted by Gasteiger charge is -2.26. The summed E-state index contributed by atoms with van der Waals surface area (Å²) in [5.41, 5.74) is -1.32. The largest absolute Gasteiger partial charge is 0.480 e. The zero-order valence-electron chi connectivity index (χ0n) is 9.94. The second-order valence-corrected chi connectivity index (χ2v) is 4.27. The summed E-state index contributed by atoms with van der Waals surface area (Å²) < 4.78 is 0. The molecular weight excluding hydrogens is 210 g/mol. The van der Waals surface area contributed by atoms with Gasteiger partial charge in [-0.05, 0) is 20.8 Å². The van der Waals surface area contributed by atoms with Crippen molar-refractivity contribution in [3.8, 4) is 6.07 Å². The summed E-state index contributed by atoms with van der Waals surface area (Å²) in [6.07, 6.45) is 0. The van der Waals surface area contributed by atoms with Crippen molar-refractivity contribution in [2.45, 2.75) is 26.3 Å². The molecule has 2 N–H and O–H groups in total. The fourth-order valence-electron chi connectivity index (χ4n) is 0.951. The van der Waals surface area contributed by atoms with Crippen LogP contribution >= 0.6 is 0 Å². The van der Waals surface area contributed by atoms with Gasteiger partial charge in [0.2, 0.25) is 0 Å². The van der Waals surface area contributed by atoms with Crippen LogP contribution in [0.5, 0.6) is 0 Å². The van der Waals surface area contributed by atoms with Crippen LogP contribution in [-0.4, -0.2) is 41.1 Å². The van der Waals surface area contributed by atoms with Gasteiger partial charge in [-0.25, -0.2) is 9.59 Å². The second-order valence-electron chi connectivity index (χ2n) is 4.27. The summed E-state index contributed by atoms with van der Waals surface area (Å²) in [7, 11) is 1.51. The molecule has 0 saturated carbocycles. The van der Waals surface area contributed by atoms with E-state index in [1.165, 1.54) is 25.8 Å². The quantitative estimate of drug-likeness (QED) is 0.737. The van der Waals surface area contributed by atoms with Gasteiger partial charge in [-0.1, -0.05) is 0 Å². The van der Waals surface area contributed by atoms with Crippen LogP contribution in [0.2, 0.25) is 0 Å². The van der Waals surface area contributed by atoms with Gasteiger partial charge in [0, 0.05) is 13.6 Å². The molecule has 0 fully saturated rings. The molecule has 0 aliphatic heterocycles. The molecule has 0 aromatic carbocycles. The number of carboxylic acids is 1. The standard InChI is InChI=1S/C10H17N3O3/c1-7(5-11)6-13(4)9(16)12-10(2,3)8(14)15/h7H,6H2,1-4H3,(H,12,16)(H,14,15). The van der Waals surface area contributed by atoms with Crippen LogP contribution in [0.4, 0.5) is 4.79 Å². The average Bonchev–Trinajstić information content (AvgIpc) is 2.16. The number of carbonyl (C=O) groups excluding carboxylic acids is 1. The molecule has 0 aliphatic carbocycles. The predicted octanol–water partition coefficient (Wildman–Crippen LogP) is 0.651. The molecule has 2 amide bonds. The molecule has 0 heterocycles. The molecule has 0 bridgehead atoms. The molecule has 0 aromatic rings. The Kier molecular flexibility index (Phi) is 4.76. The van der Waals surface area contributed by atoms with E-state index >= 15 is 0 Å². The molecule has 0 aliphatic rings. The highest BCUT2D eigenvalue weighted by Crippen LogP contribution is 2.04. The third-order valence-corrected chi connectivity index (χ3v) is 2.07. The molecule has 6 heteroatoms. The van der Waals surface area contributed by atoms with Gasteiger partial charge >= 0.3 is 12.0 Å². The third-order valence-electron chi connectivity index (χ3n) is 2.07. The summed E-state index contributed by atoms with van der Waals surface area (Å²) in [6.45, 7) is 4.74. The summed E-state index contributed by atoms with van der Waals surface area (Å²) >= 11 is 0. The fraction of sp³-hybridized carbons (Fsp3) is 0.700. The van der Waals surface area contributed by atoms with Crippen molar-refractivity contribution in [2.24, 2.45) is 5.92 Å². The molecule has 0 rings (SSSR count). The van der Waals surface area contributed by atoms with Crippen molar-refractivity contribution in [3.05, 3.63) is 0 Å². The SMILES string of the molecule is CC(C#N)CN(C)C(=O)NC(C)(C)C(=O)O. The van der Waals surface area contributed by atoms with Gasteiger partial charge in [-0.2, -0.15) is 5.26 Å². The van der Waals surface area contributed by atoms with Crippen LogP contribution in [0, 0.1) is 17.2 Å². The topological polar surface area (TPSA) is 93.4 Å². The highest BCUT2D eigenvalue weighted by Gasteiger charge is 2.30. The highest BCUT2D eigenvalue weighted by molar-refractivity contribution is 5.85. The van der Waals surface area contributed by atoms with E-state index in [1.807, 2.05) is 6.07 Å². The smallest absolute Gasteiger partial charge is 0.328 e. The van der Waals surface area contributed by atoms with Gasteiger partial charge in [-0.3, -0.25) is 0 Å². The van der Waals surface area contributed by atoms with Crippen LogP contribution in [0.1, 0.15) is 20.8 Å². The van der Waals surface area contributed by atoms with Crippen LogP contribution in [0.25, 0.3) is 0 Å². The Morgan fingerprint density at radius 2 is 2.06 bits per heavy atom. The summed E-state index contributed by atoms with van der Waals surface area (Å²) in [4.78, 5) is 23.6. The molecular formula is C10H17N3O3. The van der Waals surface area contributed by atoms with E-state index in [9.17, 15) is 9.59 Å². The Bertz CT molecular complexity index is 320. The minimum Gasteiger partial charge on any atom is -0.480 e. The number of aliphatic carboxylic acids is 1. The molecule has 0 aromatic heterocycles. The van der Waals surface area contributed by atoms with E-state index in [0.29, 0.717) is 0 Å². The summed E-state index contributed by atoms with van der Waals surface area (Å²) in [5.74, 6) is -1.40. The zero-order valence-corrected chi connectivity index (χ0v) is 9.94. The lowest BCUT2D eigenvalue weighted by Crippen LogP contribution is -2.53. The minimum absolute atomic E-state index is 0.262. The van der Waals surface area contributed by atoms with E-state index in [1.54, 1.807) is 6.92 Å². The predicted molar refractivity (Wildman–Crippen MR) is 57.7 cm³/mol. The highest BCUT2D eigenvalue weighted by atomic mass is 16.4. The Balaban J connectivity index is 4.38. The number of carbonyl (C=O) groups is 2. The molecule has 90 valence electrons. The second kappa shape index (κ2) is 5.35. The van der Waals surface area contributed by atoms with Crippen LogP contribution < -0.4 is 5.32 Å². The number of hydrogen-bond acceptors (Lipinski definition) is 3. The van der Waals surface area contributed by atoms with E-state index < -0.39 is 17.5 Å². The van der Waals surface area contributed by atoms with Gasteiger partial charge in [-0.15, -0.1) is 0 Å². The van der Waals surface area contributed by atoms with Crippen molar-refractivity contribution in [1.82, 2.24) is 10.2 Å². The normalized spacial score (nSPS) is 12.4. The lowest BCUT2D eigenvalue weighted by atomic mass is 10.1. The van der Waals surface area contributed by atoms with E-state index in [0.717, 1.165) is 0 Å². The Labute approximate surface area is 94.8 Å². The maximum atomic E-state index is 11.6. The number of nitriles is 1. The average molecular weight is 227 g/mol. The first-order chi connectivity index (χ1) is 7.20. The monoisotopic (exact) mass is 227 g/mol. The fourth-order valence-corrected chi connectivity index (χ4v) is 0.951. The molecule has 1 atom stereocenters.